The molecule has 27 heavy (non-hydrogen) atoms. The third-order valence-corrected chi connectivity index (χ3v) is 4.48. The van der Waals surface area contributed by atoms with E-state index in [9.17, 15) is 0 Å². The van der Waals surface area contributed by atoms with Gasteiger partial charge in [-0.05, 0) is 74.0 Å². The zero-order chi connectivity index (χ0) is 20.7. The van der Waals surface area contributed by atoms with Gasteiger partial charge in [-0.2, -0.15) is 0 Å². The van der Waals surface area contributed by atoms with Crippen molar-refractivity contribution in [2.75, 3.05) is 20.6 Å². The minimum absolute atomic E-state index is 1.08. The van der Waals surface area contributed by atoms with Crippen molar-refractivity contribution in [1.29, 1.82) is 0 Å². The minimum Gasteiger partial charge on any atom is -0.309 e. The molecule has 2 rings (SSSR count). The molecule has 0 heterocycles. The van der Waals surface area contributed by atoms with E-state index in [2.05, 4.69) is 75.3 Å². The Morgan fingerprint density at radius 3 is 2.22 bits per heavy atom. The van der Waals surface area contributed by atoms with Crippen LogP contribution in [0.25, 0.3) is 5.57 Å². The van der Waals surface area contributed by atoms with Crippen molar-refractivity contribution in [3.63, 3.8) is 0 Å². The molecule has 1 nitrogen and oxygen atoms in total. The first-order valence-corrected chi connectivity index (χ1v) is 11.0. The van der Waals surface area contributed by atoms with Gasteiger partial charge in [0.05, 0.1) is 0 Å². The van der Waals surface area contributed by atoms with Gasteiger partial charge >= 0.3 is 0 Å². The molecule has 0 N–H and O–H groups in total. The number of allylic oxidation sites excluding steroid dienone is 5. The Bertz CT molecular complexity index is 603. The highest BCUT2D eigenvalue weighted by atomic mass is 15.0. The maximum atomic E-state index is 2.44. The van der Waals surface area contributed by atoms with Gasteiger partial charge in [0.1, 0.15) is 0 Å². The summed E-state index contributed by atoms with van der Waals surface area (Å²) in [6.07, 6.45) is 15.1. The number of hydrogen-bond donors (Lipinski definition) is 0. The molecule has 0 radical (unpaired) electrons. The Morgan fingerprint density at radius 2 is 1.70 bits per heavy atom. The van der Waals surface area contributed by atoms with E-state index in [1.807, 2.05) is 27.7 Å². The van der Waals surface area contributed by atoms with Crippen molar-refractivity contribution in [3.05, 3.63) is 64.8 Å². The predicted octanol–water partition coefficient (Wildman–Crippen LogP) is 7.48. The van der Waals surface area contributed by atoms with Gasteiger partial charge in [-0.15, -0.1) is 0 Å². The highest BCUT2D eigenvalue weighted by Gasteiger charge is 2.12. The summed E-state index contributed by atoms with van der Waals surface area (Å²) in [5.41, 5.74) is 7.14. The van der Waals surface area contributed by atoms with Crippen LogP contribution >= 0.6 is 0 Å². The largest absolute Gasteiger partial charge is 0.309 e. The average molecular weight is 370 g/mol. The van der Waals surface area contributed by atoms with Gasteiger partial charge in [-0.3, -0.25) is 0 Å². The fraction of sp³-hybridized carbons (Fsp3) is 0.538. The third-order valence-electron chi connectivity index (χ3n) is 4.48. The number of nitrogens with zero attached hydrogens (tertiary/aromatic N) is 1. The van der Waals surface area contributed by atoms with Crippen molar-refractivity contribution in [2.24, 2.45) is 0 Å². The predicted molar refractivity (Wildman–Crippen MR) is 125 cm³/mol. The molecule has 1 aromatic rings. The fourth-order valence-corrected chi connectivity index (χ4v) is 3.07. The highest BCUT2D eigenvalue weighted by molar-refractivity contribution is 5.83. The monoisotopic (exact) mass is 369 g/mol. The molecule has 0 aliphatic heterocycles. The first-order chi connectivity index (χ1) is 13.2. The van der Waals surface area contributed by atoms with Gasteiger partial charge < -0.3 is 4.90 Å². The molecule has 0 saturated heterocycles. The molecule has 0 amide bonds. The Morgan fingerprint density at radius 1 is 1.00 bits per heavy atom. The van der Waals surface area contributed by atoms with Gasteiger partial charge in [0, 0.05) is 6.54 Å². The van der Waals surface area contributed by atoms with Crippen LogP contribution in [0.5, 0.6) is 0 Å². The second-order valence-electron chi connectivity index (χ2n) is 6.55. The quantitative estimate of drug-likeness (QED) is 0.481. The van der Waals surface area contributed by atoms with Crippen LogP contribution in [-0.4, -0.2) is 25.5 Å². The fourth-order valence-electron chi connectivity index (χ4n) is 3.07. The van der Waals surface area contributed by atoms with Crippen LogP contribution in [0.2, 0.25) is 0 Å². The molecule has 0 atom stereocenters. The first kappa shape index (κ1) is 25.4. The lowest BCUT2D eigenvalue weighted by Gasteiger charge is -2.18. The second kappa shape index (κ2) is 15.5. The molecular weight excluding hydrogens is 326 g/mol. The Hall–Kier alpha value is -1.60. The lowest BCUT2D eigenvalue weighted by atomic mass is 9.88. The summed E-state index contributed by atoms with van der Waals surface area (Å²) in [6.45, 7) is 13.6. The van der Waals surface area contributed by atoms with Crippen LogP contribution < -0.4 is 0 Å². The molecule has 1 aliphatic rings. The maximum absolute atomic E-state index is 2.44. The highest BCUT2D eigenvalue weighted by Crippen LogP contribution is 2.31. The Kier molecular flexibility index (Phi) is 14.5. The molecule has 0 saturated carbocycles. The van der Waals surface area contributed by atoms with Crippen molar-refractivity contribution in [1.82, 2.24) is 4.90 Å². The molecule has 1 aromatic carbocycles. The van der Waals surface area contributed by atoms with Crippen LogP contribution in [0.3, 0.4) is 0 Å². The topological polar surface area (TPSA) is 3.24 Å². The van der Waals surface area contributed by atoms with Crippen molar-refractivity contribution in [3.8, 4) is 0 Å². The number of hydrogen-bond acceptors (Lipinski definition) is 1. The zero-order valence-corrected chi connectivity index (χ0v) is 19.2. The van der Waals surface area contributed by atoms with Gasteiger partial charge in [0.15, 0.2) is 0 Å². The molecule has 1 heteroatoms. The van der Waals surface area contributed by atoms with Gasteiger partial charge in [-0.1, -0.05) is 84.0 Å². The lowest BCUT2D eigenvalue weighted by Crippen LogP contribution is -2.12. The lowest BCUT2D eigenvalue weighted by molar-refractivity contribution is 0.417. The molecule has 1 aliphatic carbocycles. The smallest absolute Gasteiger partial charge is 0.00101 e. The van der Waals surface area contributed by atoms with E-state index < -0.39 is 0 Å². The number of benzene rings is 1. The summed E-state index contributed by atoms with van der Waals surface area (Å²) in [5.74, 6) is 0. The summed E-state index contributed by atoms with van der Waals surface area (Å²) in [7, 11) is 4.28. The summed E-state index contributed by atoms with van der Waals surface area (Å²) in [4.78, 5) is 2.25. The standard InChI is InChI=1S/C22H31N.2C2H6/c1-5-18-14-15-19(6-2)22(17-18)21(13-10-16-23(3)4)20-11-8-7-9-12-20;2*1-2/h8,11-15,17H,5-7,9-10,16H2,1-4H3;2*1-2H3/b21-13-;;. The van der Waals surface area contributed by atoms with Gasteiger partial charge in [0.25, 0.3) is 0 Å². The Balaban J connectivity index is 0.00000158. The van der Waals surface area contributed by atoms with E-state index >= 15 is 0 Å². The van der Waals surface area contributed by atoms with Crippen molar-refractivity contribution < 1.29 is 0 Å². The van der Waals surface area contributed by atoms with E-state index in [1.165, 1.54) is 34.3 Å². The van der Waals surface area contributed by atoms with Crippen LogP contribution in [0, 0.1) is 0 Å². The van der Waals surface area contributed by atoms with E-state index in [1.54, 1.807) is 0 Å². The Labute approximate surface area is 169 Å². The van der Waals surface area contributed by atoms with E-state index in [-0.39, 0.29) is 0 Å². The summed E-state index contributed by atoms with van der Waals surface area (Å²) in [5, 5.41) is 0. The normalized spacial score (nSPS) is 13.4. The van der Waals surface area contributed by atoms with Crippen LogP contribution in [-0.2, 0) is 12.8 Å². The molecule has 0 bridgehead atoms. The number of rotatable bonds is 7. The van der Waals surface area contributed by atoms with E-state index in [4.69, 9.17) is 0 Å². The minimum atomic E-state index is 1.08. The van der Waals surface area contributed by atoms with Crippen LogP contribution in [0.1, 0.15) is 77.5 Å². The average Bonchev–Trinajstić information content (AvgIpc) is 2.74. The molecule has 0 aromatic heterocycles. The molecule has 0 fully saturated rings. The summed E-state index contributed by atoms with van der Waals surface area (Å²) in [6, 6.07) is 7.01. The van der Waals surface area contributed by atoms with E-state index in [0.717, 1.165) is 32.2 Å². The van der Waals surface area contributed by atoms with Crippen LogP contribution in [0.15, 0.2) is 48.1 Å². The first-order valence-electron chi connectivity index (χ1n) is 11.0. The zero-order valence-electron chi connectivity index (χ0n) is 19.2. The third kappa shape index (κ3) is 8.75. The maximum Gasteiger partial charge on any atom is 0.00101 e. The van der Waals surface area contributed by atoms with E-state index in [0.29, 0.717) is 0 Å². The summed E-state index contributed by atoms with van der Waals surface area (Å²) >= 11 is 0. The SMILES string of the molecule is CC.CC.CCc1ccc(CC)c(/C(=C\CCN(C)C)C2=CCCC=C2)c1. The summed E-state index contributed by atoms with van der Waals surface area (Å²) < 4.78 is 0. The van der Waals surface area contributed by atoms with Crippen molar-refractivity contribution in [2.45, 2.75) is 73.6 Å². The molecular formula is C26H43N. The van der Waals surface area contributed by atoms with Crippen LogP contribution in [0.4, 0.5) is 0 Å². The van der Waals surface area contributed by atoms with Crippen molar-refractivity contribution >= 4 is 5.57 Å². The van der Waals surface area contributed by atoms with Gasteiger partial charge in [0.2, 0.25) is 0 Å². The van der Waals surface area contributed by atoms with Gasteiger partial charge in [-0.25, -0.2) is 0 Å². The molecule has 152 valence electrons. The molecule has 0 unspecified atom stereocenters. The molecule has 0 spiro atoms. The number of aryl methyl sites for hydroxylation is 2. The second-order valence-corrected chi connectivity index (χ2v) is 6.55.